The zero-order valence-corrected chi connectivity index (χ0v) is 11.2. The van der Waals surface area contributed by atoms with Crippen molar-refractivity contribution in [3.63, 3.8) is 0 Å². The van der Waals surface area contributed by atoms with Gasteiger partial charge in [0.25, 0.3) is 6.43 Å². The van der Waals surface area contributed by atoms with E-state index in [9.17, 15) is 8.78 Å². The first-order chi connectivity index (χ1) is 9.16. The van der Waals surface area contributed by atoms with Crippen molar-refractivity contribution in [3.8, 4) is 0 Å². The Balaban J connectivity index is 1.81. The Morgan fingerprint density at radius 2 is 2.00 bits per heavy atom. The van der Waals surface area contributed by atoms with E-state index in [2.05, 4.69) is 5.32 Å². The standard InChI is InChI=1S/C15H22F2N2/c16-15(17)13-10-12(18)7-8-14(13)19-9-3-6-11-4-1-2-5-11/h7-8,10-11,15,19H,1-6,9,18H2. The van der Waals surface area contributed by atoms with Crippen molar-refractivity contribution in [2.45, 2.75) is 45.0 Å². The highest BCUT2D eigenvalue weighted by molar-refractivity contribution is 5.58. The highest BCUT2D eigenvalue weighted by Crippen LogP contribution is 2.30. The Morgan fingerprint density at radius 1 is 1.26 bits per heavy atom. The molecule has 0 atom stereocenters. The molecule has 0 aliphatic heterocycles. The largest absolute Gasteiger partial charge is 0.399 e. The smallest absolute Gasteiger partial charge is 0.265 e. The fraction of sp³-hybridized carbons (Fsp3) is 0.600. The summed E-state index contributed by atoms with van der Waals surface area (Å²) in [7, 11) is 0. The van der Waals surface area contributed by atoms with Crippen LogP contribution >= 0.6 is 0 Å². The van der Waals surface area contributed by atoms with Crippen LogP contribution < -0.4 is 11.1 Å². The van der Waals surface area contributed by atoms with Gasteiger partial charge in [-0.3, -0.25) is 0 Å². The number of hydrogen-bond donors (Lipinski definition) is 2. The lowest BCUT2D eigenvalue weighted by molar-refractivity contribution is 0.152. The number of hydrogen-bond acceptors (Lipinski definition) is 2. The zero-order chi connectivity index (χ0) is 13.7. The number of halogens is 2. The normalized spacial score (nSPS) is 16.2. The van der Waals surface area contributed by atoms with Crippen LogP contribution in [0.4, 0.5) is 20.2 Å². The molecule has 0 aromatic heterocycles. The van der Waals surface area contributed by atoms with E-state index in [1.807, 2.05) is 0 Å². The molecule has 3 N–H and O–H groups in total. The van der Waals surface area contributed by atoms with Crippen LogP contribution in [0.1, 0.15) is 50.5 Å². The van der Waals surface area contributed by atoms with Crippen molar-refractivity contribution >= 4 is 11.4 Å². The average Bonchev–Trinajstić information content (AvgIpc) is 2.89. The van der Waals surface area contributed by atoms with Gasteiger partial charge in [-0.15, -0.1) is 0 Å². The van der Waals surface area contributed by atoms with E-state index < -0.39 is 6.43 Å². The SMILES string of the molecule is Nc1ccc(NCCCC2CCCC2)c(C(F)F)c1. The summed E-state index contributed by atoms with van der Waals surface area (Å²) in [5, 5.41) is 3.11. The van der Waals surface area contributed by atoms with Gasteiger partial charge < -0.3 is 11.1 Å². The van der Waals surface area contributed by atoms with Crippen molar-refractivity contribution < 1.29 is 8.78 Å². The Bertz CT molecular complexity index is 401. The molecule has 2 rings (SSSR count). The molecule has 1 aromatic rings. The minimum Gasteiger partial charge on any atom is -0.399 e. The second kappa shape index (κ2) is 6.73. The second-order valence-electron chi connectivity index (χ2n) is 5.37. The van der Waals surface area contributed by atoms with Gasteiger partial charge in [-0.05, 0) is 37.0 Å². The zero-order valence-electron chi connectivity index (χ0n) is 11.2. The summed E-state index contributed by atoms with van der Waals surface area (Å²) in [6, 6.07) is 4.65. The molecule has 106 valence electrons. The molecule has 19 heavy (non-hydrogen) atoms. The number of rotatable bonds is 6. The molecular formula is C15H22F2N2. The third-order valence-corrected chi connectivity index (χ3v) is 3.89. The topological polar surface area (TPSA) is 38.0 Å². The maximum Gasteiger partial charge on any atom is 0.265 e. The summed E-state index contributed by atoms with van der Waals surface area (Å²) in [6.07, 6.45) is 5.13. The van der Waals surface area contributed by atoms with E-state index in [-0.39, 0.29) is 5.56 Å². The van der Waals surface area contributed by atoms with Crippen LogP contribution in [0.3, 0.4) is 0 Å². The molecule has 0 unspecified atom stereocenters. The predicted octanol–water partition coefficient (Wildman–Crippen LogP) is 4.59. The van der Waals surface area contributed by atoms with E-state index in [1.165, 1.54) is 38.2 Å². The molecule has 1 aliphatic carbocycles. The fourth-order valence-corrected chi connectivity index (χ4v) is 2.84. The lowest BCUT2D eigenvalue weighted by Crippen LogP contribution is -2.07. The molecule has 0 radical (unpaired) electrons. The first kappa shape index (κ1) is 14.1. The van der Waals surface area contributed by atoms with Crippen molar-refractivity contribution in [1.82, 2.24) is 0 Å². The summed E-state index contributed by atoms with van der Waals surface area (Å²) in [5.41, 5.74) is 6.43. The van der Waals surface area contributed by atoms with Crippen molar-refractivity contribution in [3.05, 3.63) is 23.8 Å². The summed E-state index contributed by atoms with van der Waals surface area (Å²) in [5.74, 6) is 0.850. The first-order valence-electron chi connectivity index (χ1n) is 7.08. The van der Waals surface area contributed by atoms with Gasteiger partial charge in [0.05, 0.1) is 0 Å². The van der Waals surface area contributed by atoms with Crippen LogP contribution in [0.15, 0.2) is 18.2 Å². The van der Waals surface area contributed by atoms with Gasteiger partial charge in [-0.1, -0.05) is 25.7 Å². The summed E-state index contributed by atoms with van der Waals surface area (Å²) >= 11 is 0. The van der Waals surface area contributed by atoms with Gasteiger partial charge in [-0.25, -0.2) is 8.78 Å². The summed E-state index contributed by atoms with van der Waals surface area (Å²) < 4.78 is 25.7. The quantitative estimate of drug-likeness (QED) is 0.585. The number of benzene rings is 1. The van der Waals surface area contributed by atoms with Gasteiger partial charge in [0.1, 0.15) is 0 Å². The highest BCUT2D eigenvalue weighted by Gasteiger charge is 2.15. The summed E-state index contributed by atoms with van der Waals surface area (Å²) in [4.78, 5) is 0. The van der Waals surface area contributed by atoms with Crippen LogP contribution in [0.25, 0.3) is 0 Å². The van der Waals surface area contributed by atoms with Crippen LogP contribution in [0.2, 0.25) is 0 Å². The lowest BCUT2D eigenvalue weighted by Gasteiger charge is -2.13. The molecular weight excluding hydrogens is 246 g/mol. The number of alkyl halides is 2. The minimum absolute atomic E-state index is 0.000802. The van der Waals surface area contributed by atoms with E-state index in [0.29, 0.717) is 11.4 Å². The second-order valence-corrected chi connectivity index (χ2v) is 5.37. The van der Waals surface area contributed by atoms with Gasteiger partial charge in [0, 0.05) is 23.5 Å². The molecule has 0 amide bonds. The number of anilines is 2. The molecule has 0 bridgehead atoms. The van der Waals surface area contributed by atoms with Crippen LogP contribution in [-0.2, 0) is 0 Å². The number of nitrogens with two attached hydrogens (primary N) is 1. The predicted molar refractivity (Wildman–Crippen MR) is 75.5 cm³/mol. The maximum absolute atomic E-state index is 12.9. The molecule has 0 saturated heterocycles. The Hall–Kier alpha value is -1.32. The van der Waals surface area contributed by atoms with E-state index in [1.54, 1.807) is 12.1 Å². The molecule has 2 nitrogen and oxygen atoms in total. The molecule has 1 aromatic carbocycles. The highest BCUT2D eigenvalue weighted by atomic mass is 19.3. The Kier molecular flexibility index (Phi) is 5.00. The third-order valence-electron chi connectivity index (χ3n) is 3.89. The van der Waals surface area contributed by atoms with E-state index in [0.717, 1.165) is 18.9 Å². The summed E-state index contributed by atoms with van der Waals surface area (Å²) in [6.45, 7) is 0.750. The van der Waals surface area contributed by atoms with Crippen molar-refractivity contribution in [2.75, 3.05) is 17.6 Å². The Labute approximate surface area is 113 Å². The van der Waals surface area contributed by atoms with Crippen molar-refractivity contribution in [2.24, 2.45) is 5.92 Å². The molecule has 0 heterocycles. The van der Waals surface area contributed by atoms with Gasteiger partial charge in [-0.2, -0.15) is 0 Å². The van der Waals surface area contributed by atoms with Crippen molar-refractivity contribution in [1.29, 1.82) is 0 Å². The average molecular weight is 268 g/mol. The van der Waals surface area contributed by atoms with E-state index in [4.69, 9.17) is 5.73 Å². The monoisotopic (exact) mass is 268 g/mol. The number of nitrogens with one attached hydrogen (secondary N) is 1. The fourth-order valence-electron chi connectivity index (χ4n) is 2.84. The Morgan fingerprint density at radius 3 is 2.68 bits per heavy atom. The van der Waals surface area contributed by atoms with Gasteiger partial charge in [0.15, 0.2) is 0 Å². The minimum atomic E-state index is -2.49. The van der Waals surface area contributed by atoms with Crippen LogP contribution in [-0.4, -0.2) is 6.54 Å². The first-order valence-corrected chi connectivity index (χ1v) is 7.08. The molecule has 1 aliphatic rings. The van der Waals surface area contributed by atoms with Gasteiger partial charge >= 0.3 is 0 Å². The lowest BCUT2D eigenvalue weighted by atomic mass is 10.0. The van der Waals surface area contributed by atoms with Crippen LogP contribution in [0, 0.1) is 5.92 Å². The van der Waals surface area contributed by atoms with Gasteiger partial charge in [0.2, 0.25) is 0 Å². The molecule has 0 spiro atoms. The van der Waals surface area contributed by atoms with Crippen LogP contribution in [0.5, 0.6) is 0 Å². The maximum atomic E-state index is 12.9. The third kappa shape index (κ3) is 4.08. The molecule has 1 fully saturated rings. The van der Waals surface area contributed by atoms with E-state index >= 15 is 0 Å². The molecule has 4 heteroatoms. The molecule has 1 saturated carbocycles. The number of nitrogen functional groups attached to an aromatic ring is 1.